The third kappa shape index (κ3) is 4.15. The predicted molar refractivity (Wildman–Crippen MR) is 102 cm³/mol. The van der Waals surface area contributed by atoms with Gasteiger partial charge in [0.15, 0.2) is 0 Å². The molecule has 1 aromatic rings. The average Bonchev–Trinajstić information content (AvgIpc) is 2.63. The molecule has 3 rings (SSSR count). The molecule has 0 aliphatic carbocycles. The Morgan fingerprint density at radius 2 is 1.50 bits per heavy atom. The molecule has 24 heavy (non-hydrogen) atoms. The molecular formula is C18H29N3O2S. The highest BCUT2D eigenvalue weighted by Gasteiger charge is 2.20. The minimum Gasteiger partial charge on any atom is -0.371 e. The van der Waals surface area contributed by atoms with E-state index in [1.165, 1.54) is 38.5 Å². The first-order chi connectivity index (χ1) is 11.6. The zero-order valence-corrected chi connectivity index (χ0v) is 15.4. The second kappa shape index (κ2) is 7.64. The van der Waals surface area contributed by atoms with Gasteiger partial charge in [-0.3, -0.25) is 4.72 Å². The topological polar surface area (TPSA) is 52.7 Å². The smallest absolute Gasteiger partial charge is 0.232 e. The van der Waals surface area contributed by atoms with Gasteiger partial charge in [-0.05, 0) is 63.6 Å². The van der Waals surface area contributed by atoms with Crippen molar-refractivity contribution in [1.82, 2.24) is 0 Å². The molecule has 1 aromatic carbocycles. The summed E-state index contributed by atoms with van der Waals surface area (Å²) in [4.78, 5) is 4.68. The number of rotatable bonds is 5. The summed E-state index contributed by atoms with van der Waals surface area (Å²) in [5.41, 5.74) is 2.89. The molecule has 0 radical (unpaired) electrons. The second-order valence-corrected chi connectivity index (χ2v) is 8.81. The molecule has 0 aromatic heterocycles. The third-order valence-electron chi connectivity index (χ3n) is 5.04. The van der Waals surface area contributed by atoms with Gasteiger partial charge < -0.3 is 9.80 Å². The van der Waals surface area contributed by atoms with Crippen LogP contribution in [-0.4, -0.2) is 40.3 Å². The quantitative estimate of drug-likeness (QED) is 0.883. The van der Waals surface area contributed by atoms with Crippen molar-refractivity contribution in [1.29, 1.82) is 0 Å². The lowest BCUT2D eigenvalue weighted by molar-refractivity contribution is 0.575. The van der Waals surface area contributed by atoms with Crippen molar-refractivity contribution in [2.45, 2.75) is 45.4 Å². The van der Waals surface area contributed by atoms with Crippen LogP contribution in [0.15, 0.2) is 18.2 Å². The lowest BCUT2D eigenvalue weighted by Crippen LogP contribution is -2.32. The Morgan fingerprint density at radius 1 is 0.917 bits per heavy atom. The predicted octanol–water partition coefficient (Wildman–Crippen LogP) is 3.43. The van der Waals surface area contributed by atoms with Crippen LogP contribution in [0.3, 0.4) is 0 Å². The summed E-state index contributed by atoms with van der Waals surface area (Å²) in [6.07, 6.45) is 7.32. The van der Waals surface area contributed by atoms with Crippen LogP contribution in [0, 0.1) is 0 Å². The maximum atomic E-state index is 12.1. The molecule has 0 atom stereocenters. The summed E-state index contributed by atoms with van der Waals surface area (Å²) in [7, 11) is -3.28. The Hall–Kier alpha value is -1.43. The summed E-state index contributed by atoms with van der Waals surface area (Å²) in [5.74, 6) is 0.0976. The first kappa shape index (κ1) is 17.4. The van der Waals surface area contributed by atoms with E-state index in [1.54, 1.807) is 6.92 Å². The zero-order chi connectivity index (χ0) is 17.0. The fourth-order valence-electron chi connectivity index (χ4n) is 3.60. The van der Waals surface area contributed by atoms with E-state index in [0.717, 1.165) is 43.2 Å². The van der Waals surface area contributed by atoms with Gasteiger partial charge in [0.05, 0.1) is 17.1 Å². The zero-order valence-electron chi connectivity index (χ0n) is 14.6. The van der Waals surface area contributed by atoms with E-state index < -0.39 is 10.0 Å². The van der Waals surface area contributed by atoms with Gasteiger partial charge in [-0.15, -0.1) is 0 Å². The Labute approximate surface area is 146 Å². The Bertz CT molecular complexity index is 648. The third-order valence-corrected chi connectivity index (χ3v) is 6.33. The van der Waals surface area contributed by atoms with Crippen molar-refractivity contribution in [3.05, 3.63) is 18.2 Å². The van der Waals surface area contributed by atoms with E-state index >= 15 is 0 Å². The van der Waals surface area contributed by atoms with Crippen LogP contribution in [0.2, 0.25) is 0 Å². The van der Waals surface area contributed by atoms with Crippen LogP contribution < -0.4 is 14.5 Å². The number of hydrogen-bond donors (Lipinski definition) is 1. The molecule has 0 amide bonds. The van der Waals surface area contributed by atoms with Gasteiger partial charge in [0.1, 0.15) is 0 Å². The lowest BCUT2D eigenvalue weighted by atomic mass is 10.1. The standard InChI is InChI=1S/C18H29N3O2S/c1-2-24(22,23)19-17-15-16(20-11-5-3-6-12-20)9-10-18(17)21-13-7-4-8-14-21/h9-10,15,19H,2-8,11-14H2,1H3. The summed E-state index contributed by atoms with van der Waals surface area (Å²) in [6, 6.07) is 6.28. The van der Waals surface area contributed by atoms with Crippen LogP contribution >= 0.6 is 0 Å². The van der Waals surface area contributed by atoms with E-state index in [-0.39, 0.29) is 5.75 Å². The molecule has 2 aliphatic heterocycles. The van der Waals surface area contributed by atoms with E-state index in [1.807, 2.05) is 6.07 Å². The highest BCUT2D eigenvalue weighted by molar-refractivity contribution is 7.92. The number of anilines is 3. The summed E-state index contributed by atoms with van der Waals surface area (Å²) in [6.45, 7) is 5.80. The number of piperidine rings is 2. The lowest BCUT2D eigenvalue weighted by Gasteiger charge is -2.33. The van der Waals surface area contributed by atoms with Crippen LogP contribution in [0.4, 0.5) is 17.1 Å². The first-order valence-electron chi connectivity index (χ1n) is 9.23. The van der Waals surface area contributed by atoms with Gasteiger partial charge in [-0.1, -0.05) is 0 Å². The molecule has 5 nitrogen and oxygen atoms in total. The second-order valence-electron chi connectivity index (χ2n) is 6.80. The van der Waals surface area contributed by atoms with Gasteiger partial charge >= 0.3 is 0 Å². The molecule has 0 saturated carbocycles. The SMILES string of the molecule is CCS(=O)(=O)Nc1cc(N2CCCCC2)ccc1N1CCCCC1. The van der Waals surface area contributed by atoms with Crippen LogP contribution in [0.1, 0.15) is 45.4 Å². The Morgan fingerprint density at radius 3 is 2.08 bits per heavy atom. The number of nitrogens with zero attached hydrogens (tertiary/aromatic N) is 2. The molecular weight excluding hydrogens is 322 g/mol. The largest absolute Gasteiger partial charge is 0.371 e. The van der Waals surface area contributed by atoms with Gasteiger partial charge in [0.2, 0.25) is 10.0 Å². The number of hydrogen-bond acceptors (Lipinski definition) is 4. The van der Waals surface area contributed by atoms with Crippen molar-refractivity contribution in [2.75, 3.05) is 46.5 Å². The molecule has 0 spiro atoms. The number of benzene rings is 1. The minimum absolute atomic E-state index is 0.0976. The van der Waals surface area contributed by atoms with Crippen molar-refractivity contribution < 1.29 is 8.42 Å². The van der Waals surface area contributed by atoms with Crippen LogP contribution in [-0.2, 0) is 10.0 Å². The molecule has 134 valence electrons. The van der Waals surface area contributed by atoms with E-state index in [2.05, 4.69) is 26.7 Å². The van der Waals surface area contributed by atoms with Crippen molar-refractivity contribution in [3.8, 4) is 0 Å². The molecule has 0 unspecified atom stereocenters. The maximum Gasteiger partial charge on any atom is 0.232 e. The molecule has 2 fully saturated rings. The van der Waals surface area contributed by atoms with Gasteiger partial charge in [-0.25, -0.2) is 8.42 Å². The molecule has 2 aliphatic rings. The maximum absolute atomic E-state index is 12.1. The van der Waals surface area contributed by atoms with Gasteiger partial charge in [-0.2, -0.15) is 0 Å². The highest BCUT2D eigenvalue weighted by Crippen LogP contribution is 2.34. The molecule has 1 N–H and O–H groups in total. The number of nitrogens with one attached hydrogen (secondary N) is 1. The highest BCUT2D eigenvalue weighted by atomic mass is 32.2. The summed E-state index contributed by atoms with van der Waals surface area (Å²) in [5, 5.41) is 0. The summed E-state index contributed by atoms with van der Waals surface area (Å²) < 4.78 is 27.1. The van der Waals surface area contributed by atoms with E-state index in [9.17, 15) is 8.42 Å². The molecule has 2 saturated heterocycles. The van der Waals surface area contributed by atoms with E-state index in [0.29, 0.717) is 0 Å². The first-order valence-corrected chi connectivity index (χ1v) is 10.9. The molecule has 0 bridgehead atoms. The normalized spacial score (nSPS) is 19.4. The Balaban J connectivity index is 1.91. The molecule has 2 heterocycles. The molecule has 6 heteroatoms. The van der Waals surface area contributed by atoms with Gasteiger partial charge in [0.25, 0.3) is 0 Å². The van der Waals surface area contributed by atoms with Crippen molar-refractivity contribution in [3.63, 3.8) is 0 Å². The number of sulfonamides is 1. The van der Waals surface area contributed by atoms with E-state index in [4.69, 9.17) is 0 Å². The van der Waals surface area contributed by atoms with Crippen LogP contribution in [0.25, 0.3) is 0 Å². The van der Waals surface area contributed by atoms with Crippen molar-refractivity contribution in [2.24, 2.45) is 0 Å². The average molecular weight is 352 g/mol. The summed E-state index contributed by atoms with van der Waals surface area (Å²) >= 11 is 0. The van der Waals surface area contributed by atoms with Crippen LogP contribution in [0.5, 0.6) is 0 Å². The Kier molecular flexibility index (Phi) is 5.54. The van der Waals surface area contributed by atoms with Gasteiger partial charge in [0, 0.05) is 31.9 Å². The monoisotopic (exact) mass is 351 g/mol. The fourth-order valence-corrected chi connectivity index (χ4v) is 4.25. The van der Waals surface area contributed by atoms with Crippen molar-refractivity contribution >= 4 is 27.1 Å². The fraction of sp³-hybridized carbons (Fsp3) is 0.667. The minimum atomic E-state index is -3.28.